The van der Waals surface area contributed by atoms with Gasteiger partial charge in [0.15, 0.2) is 0 Å². The molecule has 1 aromatic rings. The van der Waals surface area contributed by atoms with E-state index in [4.69, 9.17) is 5.11 Å². The lowest BCUT2D eigenvalue weighted by Crippen LogP contribution is -2.49. The largest absolute Gasteiger partial charge is 0.480 e. The highest BCUT2D eigenvalue weighted by Crippen LogP contribution is 2.07. The summed E-state index contributed by atoms with van der Waals surface area (Å²) < 4.78 is 0. The van der Waals surface area contributed by atoms with Gasteiger partial charge in [-0.2, -0.15) is 0 Å². The fourth-order valence-corrected chi connectivity index (χ4v) is 1.74. The van der Waals surface area contributed by atoms with Gasteiger partial charge in [-0.1, -0.05) is 26.3 Å². The minimum absolute atomic E-state index is 0.114. The maximum absolute atomic E-state index is 11.7. The summed E-state index contributed by atoms with van der Waals surface area (Å²) in [5.74, 6) is -1.13. The number of hydrogen-bond acceptors (Lipinski definition) is 3. The van der Waals surface area contributed by atoms with Crippen LogP contribution in [0.4, 0.5) is 4.79 Å². The molecule has 0 unspecified atom stereocenters. The molecule has 0 saturated heterocycles. The van der Waals surface area contributed by atoms with E-state index in [2.05, 4.69) is 15.6 Å². The van der Waals surface area contributed by atoms with Crippen molar-refractivity contribution < 1.29 is 14.7 Å². The Bertz CT molecular complexity index is 437. The number of pyridine rings is 1. The Balaban J connectivity index is 2.37. The molecule has 0 spiro atoms. The maximum Gasteiger partial charge on any atom is 0.326 e. The van der Waals surface area contributed by atoms with Gasteiger partial charge in [0.1, 0.15) is 6.04 Å². The topological polar surface area (TPSA) is 91.3 Å². The molecule has 2 amide bonds. The molecule has 1 rings (SSSR count). The van der Waals surface area contributed by atoms with Crippen molar-refractivity contribution in [3.63, 3.8) is 0 Å². The molecule has 3 N–H and O–H groups in total. The Hall–Kier alpha value is -2.11. The van der Waals surface area contributed by atoms with E-state index in [1.807, 2.05) is 19.1 Å². The highest BCUT2D eigenvalue weighted by molar-refractivity contribution is 5.82. The van der Waals surface area contributed by atoms with Gasteiger partial charge in [-0.05, 0) is 24.0 Å². The zero-order chi connectivity index (χ0) is 15.0. The zero-order valence-corrected chi connectivity index (χ0v) is 11.8. The van der Waals surface area contributed by atoms with Gasteiger partial charge in [-0.25, -0.2) is 9.59 Å². The van der Waals surface area contributed by atoms with Gasteiger partial charge in [-0.15, -0.1) is 0 Å². The molecule has 0 aliphatic carbocycles. The second-order valence-electron chi connectivity index (χ2n) is 4.71. The third kappa shape index (κ3) is 5.26. The van der Waals surface area contributed by atoms with Crippen LogP contribution in [0.25, 0.3) is 0 Å². The van der Waals surface area contributed by atoms with Crippen LogP contribution >= 0.6 is 0 Å². The van der Waals surface area contributed by atoms with Crippen molar-refractivity contribution >= 4 is 12.0 Å². The molecule has 20 heavy (non-hydrogen) atoms. The number of nitrogens with zero attached hydrogens (tertiary/aromatic N) is 1. The Morgan fingerprint density at radius 3 is 2.75 bits per heavy atom. The molecular formula is C14H21N3O3. The number of nitrogens with one attached hydrogen (secondary N) is 2. The highest BCUT2D eigenvalue weighted by atomic mass is 16.4. The van der Waals surface area contributed by atoms with E-state index in [9.17, 15) is 9.59 Å². The molecule has 0 radical (unpaired) electrons. The fraction of sp³-hybridized carbons (Fsp3) is 0.500. The number of aromatic nitrogens is 1. The molecule has 0 bridgehead atoms. The van der Waals surface area contributed by atoms with Gasteiger partial charge >= 0.3 is 12.0 Å². The maximum atomic E-state index is 11.7. The average Bonchev–Trinajstić information content (AvgIpc) is 2.45. The molecule has 0 aliphatic heterocycles. The molecular weight excluding hydrogens is 258 g/mol. The summed E-state index contributed by atoms with van der Waals surface area (Å²) >= 11 is 0. The number of carboxylic acids is 1. The molecule has 0 aliphatic rings. The molecule has 2 atom stereocenters. The third-order valence-electron chi connectivity index (χ3n) is 3.19. The molecule has 110 valence electrons. The standard InChI is InChI=1S/C14H21N3O3/c1-3-10(2)12(13(18)19)17-14(20)16-8-6-11-5-4-7-15-9-11/h4-5,7,9-10,12H,3,6,8H2,1-2H3,(H,18,19)(H2,16,17,20)/t10-,12-/m0/s1. The van der Waals surface area contributed by atoms with Gasteiger partial charge in [0.2, 0.25) is 0 Å². The van der Waals surface area contributed by atoms with Crippen LogP contribution in [0.5, 0.6) is 0 Å². The van der Waals surface area contributed by atoms with Crippen LogP contribution in [-0.4, -0.2) is 34.7 Å². The Morgan fingerprint density at radius 1 is 1.45 bits per heavy atom. The monoisotopic (exact) mass is 279 g/mol. The number of urea groups is 1. The van der Waals surface area contributed by atoms with Gasteiger partial charge in [0, 0.05) is 18.9 Å². The van der Waals surface area contributed by atoms with Crippen LogP contribution in [0.2, 0.25) is 0 Å². The summed E-state index contributed by atoms with van der Waals surface area (Å²) in [4.78, 5) is 26.7. The number of rotatable bonds is 7. The van der Waals surface area contributed by atoms with Crippen molar-refractivity contribution in [1.29, 1.82) is 0 Å². The van der Waals surface area contributed by atoms with Gasteiger partial charge in [0.05, 0.1) is 0 Å². The van der Waals surface area contributed by atoms with Crippen LogP contribution in [0.1, 0.15) is 25.8 Å². The third-order valence-corrected chi connectivity index (χ3v) is 3.19. The van der Waals surface area contributed by atoms with Gasteiger partial charge < -0.3 is 15.7 Å². The summed E-state index contributed by atoms with van der Waals surface area (Å²) in [5.41, 5.74) is 1.02. The summed E-state index contributed by atoms with van der Waals surface area (Å²) in [7, 11) is 0. The zero-order valence-electron chi connectivity index (χ0n) is 11.8. The summed E-state index contributed by atoms with van der Waals surface area (Å²) in [6.07, 6.45) is 4.77. The molecule has 6 nitrogen and oxygen atoms in total. The number of carbonyl (C=O) groups excluding carboxylic acids is 1. The smallest absolute Gasteiger partial charge is 0.326 e. The Kier molecular flexibility index (Phi) is 6.49. The lowest BCUT2D eigenvalue weighted by Gasteiger charge is -2.20. The Morgan fingerprint density at radius 2 is 2.20 bits per heavy atom. The van der Waals surface area contributed by atoms with Crippen molar-refractivity contribution in [2.45, 2.75) is 32.7 Å². The quantitative estimate of drug-likeness (QED) is 0.704. The van der Waals surface area contributed by atoms with Gasteiger partial charge in [0.25, 0.3) is 0 Å². The SMILES string of the molecule is CC[C@H](C)[C@H](NC(=O)NCCc1cccnc1)C(=O)O. The lowest BCUT2D eigenvalue weighted by atomic mass is 9.99. The van der Waals surface area contributed by atoms with E-state index >= 15 is 0 Å². The normalized spacial score (nSPS) is 13.3. The summed E-state index contributed by atoms with van der Waals surface area (Å²) in [6, 6.07) is 2.44. The first-order valence-electron chi connectivity index (χ1n) is 6.70. The molecule has 6 heteroatoms. The van der Waals surface area contributed by atoms with Crippen molar-refractivity contribution in [3.8, 4) is 0 Å². The van der Waals surface area contributed by atoms with Crippen molar-refractivity contribution in [2.75, 3.05) is 6.54 Å². The van der Waals surface area contributed by atoms with E-state index in [1.165, 1.54) is 0 Å². The van der Waals surface area contributed by atoms with Crippen LogP contribution in [0, 0.1) is 5.92 Å². The first-order chi connectivity index (χ1) is 9.54. The van der Waals surface area contributed by atoms with Crippen LogP contribution in [0.15, 0.2) is 24.5 Å². The lowest BCUT2D eigenvalue weighted by molar-refractivity contribution is -0.140. The predicted molar refractivity (Wildman–Crippen MR) is 75.4 cm³/mol. The molecule has 1 aromatic heterocycles. The minimum Gasteiger partial charge on any atom is -0.480 e. The van der Waals surface area contributed by atoms with Crippen LogP contribution in [-0.2, 0) is 11.2 Å². The number of carbonyl (C=O) groups is 2. The van der Waals surface area contributed by atoms with Crippen molar-refractivity contribution in [2.24, 2.45) is 5.92 Å². The van der Waals surface area contributed by atoms with E-state index in [-0.39, 0.29) is 5.92 Å². The number of aliphatic carboxylic acids is 1. The van der Waals surface area contributed by atoms with Gasteiger partial charge in [-0.3, -0.25) is 4.98 Å². The fourth-order valence-electron chi connectivity index (χ4n) is 1.74. The summed E-state index contributed by atoms with van der Waals surface area (Å²) in [5, 5.41) is 14.2. The van der Waals surface area contributed by atoms with E-state index in [0.717, 1.165) is 5.56 Å². The molecule has 0 fully saturated rings. The van der Waals surface area contributed by atoms with E-state index < -0.39 is 18.0 Å². The average molecular weight is 279 g/mol. The van der Waals surface area contributed by atoms with Crippen molar-refractivity contribution in [3.05, 3.63) is 30.1 Å². The van der Waals surface area contributed by atoms with Crippen LogP contribution < -0.4 is 10.6 Å². The number of amides is 2. The molecule has 1 heterocycles. The van der Waals surface area contributed by atoms with E-state index in [1.54, 1.807) is 19.3 Å². The number of hydrogen-bond donors (Lipinski definition) is 3. The number of carboxylic acid groups (broad SMARTS) is 1. The second kappa shape index (κ2) is 8.14. The first-order valence-corrected chi connectivity index (χ1v) is 6.70. The Labute approximate surface area is 118 Å². The molecule has 0 aromatic carbocycles. The minimum atomic E-state index is -1.01. The second-order valence-corrected chi connectivity index (χ2v) is 4.71. The predicted octanol–water partition coefficient (Wildman–Crippen LogP) is 1.42. The summed E-state index contributed by atoms with van der Waals surface area (Å²) in [6.45, 7) is 4.13. The van der Waals surface area contributed by atoms with E-state index in [0.29, 0.717) is 19.4 Å². The highest BCUT2D eigenvalue weighted by Gasteiger charge is 2.24. The van der Waals surface area contributed by atoms with Crippen LogP contribution in [0.3, 0.4) is 0 Å². The molecule has 0 saturated carbocycles. The first kappa shape index (κ1) is 15.9. The van der Waals surface area contributed by atoms with Crippen molar-refractivity contribution in [1.82, 2.24) is 15.6 Å².